The van der Waals surface area contributed by atoms with Crippen LogP contribution in [0.2, 0.25) is 0 Å². The van der Waals surface area contributed by atoms with Crippen molar-refractivity contribution in [3.8, 4) is 23.3 Å². The van der Waals surface area contributed by atoms with Crippen LogP contribution in [-0.4, -0.2) is 27.0 Å². The average molecular weight is 261 g/mol. The largest absolute Gasteiger partial charge is 0.493 e. The molecule has 4 nitrogen and oxygen atoms in total. The van der Waals surface area contributed by atoms with Gasteiger partial charge in [0.15, 0.2) is 18.1 Å². The third-order valence-electron chi connectivity index (χ3n) is 2.00. The molecule has 0 atom stereocenters. The van der Waals surface area contributed by atoms with Crippen molar-refractivity contribution in [3.63, 3.8) is 0 Å². The molecule has 0 unspecified atom stereocenters. The number of hydrogen-bond donors (Lipinski definition) is 0. The van der Waals surface area contributed by atoms with E-state index in [4.69, 9.17) is 14.7 Å². The van der Waals surface area contributed by atoms with Gasteiger partial charge in [-0.15, -0.1) is 0 Å². The van der Waals surface area contributed by atoms with E-state index in [1.165, 1.54) is 26.4 Å². The minimum atomic E-state index is -4.50. The Morgan fingerprint density at radius 3 is 2.28 bits per heavy atom. The van der Waals surface area contributed by atoms with E-state index in [0.29, 0.717) is 0 Å². The van der Waals surface area contributed by atoms with Crippen LogP contribution in [0.3, 0.4) is 0 Å². The number of hydrogen-bond acceptors (Lipinski definition) is 4. The van der Waals surface area contributed by atoms with Gasteiger partial charge in [0.1, 0.15) is 6.07 Å². The number of rotatable bonds is 4. The minimum Gasteiger partial charge on any atom is -0.493 e. The smallest absolute Gasteiger partial charge is 0.422 e. The van der Waals surface area contributed by atoms with Crippen LogP contribution in [0, 0.1) is 11.3 Å². The molecule has 0 spiro atoms. The van der Waals surface area contributed by atoms with Gasteiger partial charge in [-0.05, 0) is 12.1 Å². The van der Waals surface area contributed by atoms with Crippen LogP contribution in [0.4, 0.5) is 13.2 Å². The third kappa shape index (κ3) is 3.20. The molecule has 98 valence electrons. The fraction of sp³-hybridized carbons (Fsp3) is 0.364. The zero-order chi connectivity index (χ0) is 13.8. The topological polar surface area (TPSA) is 51.5 Å². The van der Waals surface area contributed by atoms with E-state index in [2.05, 4.69) is 4.74 Å². The molecule has 1 aromatic rings. The third-order valence-corrected chi connectivity index (χ3v) is 2.00. The lowest BCUT2D eigenvalue weighted by Crippen LogP contribution is -2.20. The molecule has 0 N–H and O–H groups in total. The molecule has 7 heteroatoms. The van der Waals surface area contributed by atoms with E-state index >= 15 is 0 Å². The van der Waals surface area contributed by atoms with E-state index in [1.807, 2.05) is 0 Å². The first-order chi connectivity index (χ1) is 8.42. The van der Waals surface area contributed by atoms with E-state index in [-0.39, 0.29) is 22.8 Å². The Hall–Kier alpha value is -2.10. The quantitative estimate of drug-likeness (QED) is 0.835. The molecule has 0 radical (unpaired) electrons. The molecule has 0 saturated heterocycles. The molecule has 1 rings (SSSR count). The molecule has 0 aliphatic heterocycles. The molecule has 18 heavy (non-hydrogen) atoms. The summed E-state index contributed by atoms with van der Waals surface area (Å²) >= 11 is 0. The Labute approximate surface area is 101 Å². The van der Waals surface area contributed by atoms with Crippen molar-refractivity contribution in [1.82, 2.24) is 0 Å². The second-order valence-electron chi connectivity index (χ2n) is 3.19. The zero-order valence-electron chi connectivity index (χ0n) is 9.67. The number of methoxy groups -OCH3 is 2. The monoisotopic (exact) mass is 261 g/mol. The van der Waals surface area contributed by atoms with Gasteiger partial charge in [0.2, 0.25) is 5.75 Å². The van der Waals surface area contributed by atoms with Gasteiger partial charge in [0.05, 0.1) is 19.8 Å². The van der Waals surface area contributed by atoms with Crippen LogP contribution in [0.25, 0.3) is 0 Å². The number of alkyl halides is 3. The van der Waals surface area contributed by atoms with Crippen molar-refractivity contribution in [3.05, 3.63) is 17.7 Å². The van der Waals surface area contributed by atoms with Crippen molar-refractivity contribution >= 4 is 0 Å². The predicted octanol–water partition coefficient (Wildman–Crippen LogP) is 2.52. The lowest BCUT2D eigenvalue weighted by atomic mass is 10.2. The Morgan fingerprint density at radius 1 is 1.17 bits per heavy atom. The van der Waals surface area contributed by atoms with Gasteiger partial charge < -0.3 is 14.2 Å². The molecule has 1 aromatic carbocycles. The average Bonchev–Trinajstić information content (AvgIpc) is 2.33. The molecular weight excluding hydrogens is 251 g/mol. The van der Waals surface area contributed by atoms with Gasteiger partial charge in [0.25, 0.3) is 0 Å². The van der Waals surface area contributed by atoms with Gasteiger partial charge in [-0.2, -0.15) is 18.4 Å². The second-order valence-corrected chi connectivity index (χ2v) is 3.19. The highest BCUT2D eigenvalue weighted by Gasteiger charge is 2.30. The highest BCUT2D eigenvalue weighted by atomic mass is 19.4. The van der Waals surface area contributed by atoms with Gasteiger partial charge in [-0.3, -0.25) is 0 Å². The molecule has 0 fully saturated rings. The molecule has 0 aliphatic rings. The number of halogens is 3. The Kier molecular flexibility index (Phi) is 4.26. The SMILES string of the molecule is COc1ccc(C#N)c(OCC(F)(F)F)c1OC. The van der Waals surface area contributed by atoms with Crippen molar-refractivity contribution in [1.29, 1.82) is 5.26 Å². The van der Waals surface area contributed by atoms with Crippen molar-refractivity contribution in [2.45, 2.75) is 6.18 Å². The van der Waals surface area contributed by atoms with Crippen molar-refractivity contribution in [2.24, 2.45) is 0 Å². The van der Waals surface area contributed by atoms with Gasteiger partial charge in [-0.25, -0.2) is 0 Å². The predicted molar refractivity (Wildman–Crippen MR) is 55.8 cm³/mol. The number of nitrogens with zero attached hydrogens (tertiary/aromatic N) is 1. The number of benzene rings is 1. The van der Waals surface area contributed by atoms with Crippen molar-refractivity contribution in [2.75, 3.05) is 20.8 Å². The summed E-state index contributed by atoms with van der Waals surface area (Å²) in [6.45, 7) is -1.51. The summed E-state index contributed by atoms with van der Waals surface area (Å²) in [6.07, 6.45) is -4.50. The fourth-order valence-electron chi connectivity index (χ4n) is 1.28. The van der Waals surface area contributed by atoms with Crippen LogP contribution in [0.1, 0.15) is 5.56 Å². The molecule has 0 amide bonds. The summed E-state index contributed by atoms with van der Waals surface area (Å²) in [4.78, 5) is 0. The van der Waals surface area contributed by atoms with E-state index in [9.17, 15) is 13.2 Å². The summed E-state index contributed by atoms with van der Waals surface area (Å²) in [6, 6.07) is 4.44. The normalized spacial score (nSPS) is 10.7. The van der Waals surface area contributed by atoms with Crippen molar-refractivity contribution < 1.29 is 27.4 Å². The molecule has 0 heterocycles. The Bertz CT molecular complexity index is 466. The summed E-state index contributed by atoms with van der Waals surface area (Å²) in [7, 11) is 2.58. The molecule has 0 saturated carbocycles. The maximum absolute atomic E-state index is 12.1. The molecule has 0 aliphatic carbocycles. The molecule has 0 aromatic heterocycles. The maximum atomic E-state index is 12.1. The summed E-state index contributed by atoms with van der Waals surface area (Å²) in [5, 5.41) is 8.82. The molecule has 0 bridgehead atoms. The highest BCUT2D eigenvalue weighted by Crippen LogP contribution is 2.40. The van der Waals surface area contributed by atoms with Crippen LogP contribution in [0.5, 0.6) is 17.2 Å². The highest BCUT2D eigenvalue weighted by molar-refractivity contribution is 5.59. The van der Waals surface area contributed by atoms with E-state index < -0.39 is 12.8 Å². The fourth-order valence-corrected chi connectivity index (χ4v) is 1.28. The van der Waals surface area contributed by atoms with Gasteiger partial charge in [0, 0.05) is 0 Å². The van der Waals surface area contributed by atoms with Gasteiger partial charge >= 0.3 is 6.18 Å². The van der Waals surface area contributed by atoms with E-state index in [0.717, 1.165) is 0 Å². The summed E-state index contributed by atoms with van der Waals surface area (Å²) < 4.78 is 50.8. The first kappa shape index (κ1) is 14.0. The summed E-state index contributed by atoms with van der Waals surface area (Å²) in [5.41, 5.74) is -0.0584. The van der Waals surface area contributed by atoms with Crippen LogP contribution in [-0.2, 0) is 0 Å². The maximum Gasteiger partial charge on any atom is 0.422 e. The Morgan fingerprint density at radius 2 is 1.83 bits per heavy atom. The van der Waals surface area contributed by atoms with E-state index in [1.54, 1.807) is 6.07 Å². The number of ether oxygens (including phenoxy) is 3. The lowest BCUT2D eigenvalue weighted by molar-refractivity contribution is -0.153. The van der Waals surface area contributed by atoms with Crippen LogP contribution >= 0.6 is 0 Å². The first-order valence-electron chi connectivity index (χ1n) is 4.77. The van der Waals surface area contributed by atoms with Gasteiger partial charge in [-0.1, -0.05) is 0 Å². The standard InChI is InChI=1S/C11H10F3NO3/c1-16-8-4-3-7(5-15)9(10(8)17-2)18-6-11(12,13)14/h3-4H,6H2,1-2H3. The van der Waals surface area contributed by atoms with Crippen LogP contribution in [0.15, 0.2) is 12.1 Å². The van der Waals surface area contributed by atoms with Crippen LogP contribution < -0.4 is 14.2 Å². The zero-order valence-corrected chi connectivity index (χ0v) is 9.67. The second kappa shape index (κ2) is 5.49. The molecular formula is C11H10F3NO3. The lowest BCUT2D eigenvalue weighted by Gasteiger charge is -2.15. The summed E-state index contributed by atoms with van der Waals surface area (Å²) in [5.74, 6) is -0.133. The Balaban J connectivity index is 3.17. The number of nitriles is 1. The minimum absolute atomic E-state index is 0.0409. The first-order valence-corrected chi connectivity index (χ1v) is 4.77.